The fraction of sp³-hybridized carbons (Fsp3) is 0.217. The molecular formula is C23H23N3O5S. The number of hydrogen-bond donors (Lipinski definition) is 1. The molecule has 32 heavy (non-hydrogen) atoms. The Bertz CT molecular complexity index is 1290. The van der Waals surface area contributed by atoms with Gasteiger partial charge in [0.05, 0.1) is 12.0 Å². The van der Waals surface area contributed by atoms with Gasteiger partial charge in [0.1, 0.15) is 11.8 Å². The van der Waals surface area contributed by atoms with Crippen LogP contribution in [0.5, 0.6) is 5.75 Å². The summed E-state index contributed by atoms with van der Waals surface area (Å²) in [6.45, 7) is 0.226. The second-order valence-corrected chi connectivity index (χ2v) is 9.29. The molecule has 9 heteroatoms. The van der Waals surface area contributed by atoms with Crippen molar-refractivity contribution >= 4 is 32.6 Å². The van der Waals surface area contributed by atoms with E-state index in [4.69, 9.17) is 15.3 Å². The molecule has 1 aliphatic heterocycles. The Balaban J connectivity index is 1.53. The molecule has 1 saturated heterocycles. The fourth-order valence-corrected chi connectivity index (χ4v) is 5.40. The summed E-state index contributed by atoms with van der Waals surface area (Å²) in [6.07, 6.45) is 0.891. The second-order valence-electron chi connectivity index (χ2n) is 7.40. The topological polar surface area (TPSA) is 111 Å². The van der Waals surface area contributed by atoms with Crippen molar-refractivity contribution in [3.05, 3.63) is 72.3 Å². The Morgan fingerprint density at radius 3 is 2.62 bits per heavy atom. The SMILES string of the molecule is COc1cccc(/C(N)=N/OC(=O)C2CCCN2S(=O)(=O)c2ccc3ccccc3c2)c1. The molecule has 3 aromatic carbocycles. The van der Waals surface area contributed by atoms with Gasteiger partial charge in [-0.25, -0.2) is 13.2 Å². The molecule has 1 heterocycles. The predicted molar refractivity (Wildman–Crippen MR) is 121 cm³/mol. The van der Waals surface area contributed by atoms with E-state index in [1.807, 2.05) is 24.3 Å². The number of carbonyl (C=O) groups is 1. The van der Waals surface area contributed by atoms with E-state index in [9.17, 15) is 13.2 Å². The van der Waals surface area contributed by atoms with Crippen molar-refractivity contribution in [1.82, 2.24) is 4.31 Å². The van der Waals surface area contributed by atoms with E-state index in [0.29, 0.717) is 24.2 Å². The normalized spacial score (nSPS) is 17.4. The molecule has 3 aromatic rings. The summed E-state index contributed by atoms with van der Waals surface area (Å²) in [6, 6.07) is 18.3. The molecule has 0 radical (unpaired) electrons. The molecule has 2 N–H and O–H groups in total. The van der Waals surface area contributed by atoms with E-state index >= 15 is 0 Å². The molecule has 166 valence electrons. The van der Waals surface area contributed by atoms with Crippen molar-refractivity contribution in [2.75, 3.05) is 13.7 Å². The Morgan fingerprint density at radius 2 is 1.84 bits per heavy atom. The highest BCUT2D eigenvalue weighted by molar-refractivity contribution is 7.89. The standard InChI is InChI=1S/C23H23N3O5S/c1-30-19-9-4-8-18(14-19)22(24)25-31-23(27)21-10-5-13-26(21)32(28,29)20-12-11-16-6-2-3-7-17(16)15-20/h2-4,6-9,11-12,14-15,21H,5,10,13H2,1H3,(H2,24,25). The zero-order valence-electron chi connectivity index (χ0n) is 17.5. The minimum absolute atomic E-state index is 0.0146. The molecular weight excluding hydrogens is 430 g/mol. The monoisotopic (exact) mass is 453 g/mol. The molecule has 0 aromatic heterocycles. The lowest BCUT2D eigenvalue weighted by molar-refractivity contribution is -0.147. The summed E-state index contributed by atoms with van der Waals surface area (Å²) in [7, 11) is -2.36. The number of amidine groups is 1. The van der Waals surface area contributed by atoms with Gasteiger partial charge in [-0.2, -0.15) is 4.31 Å². The van der Waals surface area contributed by atoms with Gasteiger partial charge in [-0.05, 0) is 47.9 Å². The van der Waals surface area contributed by atoms with Gasteiger partial charge in [-0.15, -0.1) is 0 Å². The van der Waals surface area contributed by atoms with Crippen LogP contribution in [0.25, 0.3) is 10.8 Å². The van der Waals surface area contributed by atoms with Gasteiger partial charge in [-0.1, -0.05) is 47.6 Å². The number of oxime groups is 1. The molecule has 0 bridgehead atoms. The average molecular weight is 454 g/mol. The number of methoxy groups -OCH3 is 1. The first kappa shape index (κ1) is 21.8. The lowest BCUT2D eigenvalue weighted by atomic mass is 10.1. The van der Waals surface area contributed by atoms with Crippen LogP contribution in [0.3, 0.4) is 0 Å². The van der Waals surface area contributed by atoms with Crippen LogP contribution >= 0.6 is 0 Å². The number of carbonyl (C=O) groups excluding carboxylic acids is 1. The molecule has 1 aliphatic rings. The van der Waals surface area contributed by atoms with Crippen LogP contribution in [0.4, 0.5) is 0 Å². The maximum absolute atomic E-state index is 13.3. The first-order valence-corrected chi connectivity index (χ1v) is 11.5. The number of nitrogens with two attached hydrogens (primary N) is 1. The number of sulfonamides is 1. The van der Waals surface area contributed by atoms with E-state index in [-0.39, 0.29) is 17.3 Å². The summed E-state index contributed by atoms with van der Waals surface area (Å²) in [4.78, 5) is 17.8. The largest absolute Gasteiger partial charge is 0.497 e. The van der Waals surface area contributed by atoms with Gasteiger partial charge >= 0.3 is 5.97 Å². The van der Waals surface area contributed by atoms with Crippen LogP contribution in [-0.4, -0.2) is 44.2 Å². The zero-order valence-corrected chi connectivity index (χ0v) is 18.3. The van der Waals surface area contributed by atoms with Gasteiger partial charge in [0.25, 0.3) is 0 Å². The maximum Gasteiger partial charge on any atom is 0.353 e. The van der Waals surface area contributed by atoms with E-state index in [1.54, 1.807) is 42.5 Å². The highest BCUT2D eigenvalue weighted by atomic mass is 32.2. The number of ether oxygens (including phenoxy) is 1. The van der Waals surface area contributed by atoms with Crippen molar-refractivity contribution in [1.29, 1.82) is 0 Å². The smallest absolute Gasteiger partial charge is 0.353 e. The second kappa shape index (κ2) is 8.97. The van der Waals surface area contributed by atoms with Crippen LogP contribution in [0.15, 0.2) is 76.8 Å². The van der Waals surface area contributed by atoms with Crippen LogP contribution in [-0.2, 0) is 19.7 Å². The van der Waals surface area contributed by atoms with Crippen molar-refractivity contribution in [2.45, 2.75) is 23.8 Å². The van der Waals surface area contributed by atoms with E-state index < -0.39 is 22.0 Å². The van der Waals surface area contributed by atoms with Crippen molar-refractivity contribution < 1.29 is 22.8 Å². The molecule has 0 saturated carbocycles. The molecule has 0 aliphatic carbocycles. The minimum Gasteiger partial charge on any atom is -0.497 e. The van der Waals surface area contributed by atoms with Crippen LogP contribution in [0.2, 0.25) is 0 Å². The van der Waals surface area contributed by atoms with Crippen LogP contribution in [0.1, 0.15) is 18.4 Å². The van der Waals surface area contributed by atoms with Gasteiger partial charge in [0, 0.05) is 12.1 Å². The third-order valence-electron chi connectivity index (χ3n) is 5.40. The first-order valence-electron chi connectivity index (χ1n) is 10.1. The summed E-state index contributed by atoms with van der Waals surface area (Å²) in [5.41, 5.74) is 6.43. The lowest BCUT2D eigenvalue weighted by Gasteiger charge is -2.22. The fourth-order valence-electron chi connectivity index (χ4n) is 3.72. The average Bonchev–Trinajstić information content (AvgIpc) is 3.33. The third-order valence-corrected chi connectivity index (χ3v) is 7.31. The minimum atomic E-state index is -3.89. The number of rotatable bonds is 6. The molecule has 1 unspecified atom stereocenters. The lowest BCUT2D eigenvalue weighted by Crippen LogP contribution is -2.41. The summed E-state index contributed by atoms with van der Waals surface area (Å²) >= 11 is 0. The van der Waals surface area contributed by atoms with Crippen molar-refractivity contribution in [3.63, 3.8) is 0 Å². The maximum atomic E-state index is 13.3. The predicted octanol–water partition coefficient (Wildman–Crippen LogP) is 2.87. The zero-order chi connectivity index (χ0) is 22.7. The van der Waals surface area contributed by atoms with Gasteiger partial charge in [0.15, 0.2) is 5.84 Å². The molecule has 0 spiro atoms. The molecule has 1 fully saturated rings. The van der Waals surface area contributed by atoms with Crippen LogP contribution < -0.4 is 10.5 Å². The summed E-state index contributed by atoms with van der Waals surface area (Å²) in [5.74, 6) is -0.202. The number of nitrogens with zero attached hydrogens (tertiary/aromatic N) is 2. The highest BCUT2D eigenvalue weighted by Gasteiger charge is 2.40. The molecule has 4 rings (SSSR count). The van der Waals surface area contributed by atoms with Gasteiger partial charge in [0.2, 0.25) is 10.0 Å². The third kappa shape index (κ3) is 4.30. The van der Waals surface area contributed by atoms with Crippen molar-refractivity contribution in [2.24, 2.45) is 10.9 Å². The number of fused-ring (bicyclic) bond motifs is 1. The first-order chi connectivity index (χ1) is 15.4. The number of hydrogen-bond acceptors (Lipinski definition) is 6. The Labute approximate surface area is 186 Å². The Kier molecular flexibility index (Phi) is 6.11. The van der Waals surface area contributed by atoms with E-state index in [0.717, 1.165) is 10.8 Å². The quantitative estimate of drug-likeness (QED) is 0.266. The number of benzene rings is 3. The van der Waals surface area contributed by atoms with Gasteiger partial charge < -0.3 is 15.3 Å². The molecule has 1 atom stereocenters. The summed E-state index contributed by atoms with van der Waals surface area (Å²) in [5, 5.41) is 5.46. The van der Waals surface area contributed by atoms with Crippen molar-refractivity contribution in [3.8, 4) is 5.75 Å². The Morgan fingerprint density at radius 1 is 1.06 bits per heavy atom. The highest BCUT2D eigenvalue weighted by Crippen LogP contribution is 2.29. The summed E-state index contributed by atoms with van der Waals surface area (Å²) < 4.78 is 32.9. The van der Waals surface area contributed by atoms with E-state index in [1.165, 1.54) is 11.4 Å². The molecule has 0 amide bonds. The van der Waals surface area contributed by atoms with Crippen LogP contribution in [0, 0.1) is 0 Å². The van der Waals surface area contributed by atoms with Gasteiger partial charge in [-0.3, -0.25) is 0 Å². The van der Waals surface area contributed by atoms with E-state index in [2.05, 4.69) is 5.16 Å². The Hall–Kier alpha value is -3.43. The molecule has 8 nitrogen and oxygen atoms in total.